The Morgan fingerprint density at radius 1 is 1.22 bits per heavy atom. The summed E-state index contributed by atoms with van der Waals surface area (Å²) in [7, 11) is 0. The van der Waals surface area contributed by atoms with Crippen LogP contribution in [-0.4, -0.2) is 39.6 Å². The molecule has 1 fully saturated rings. The number of hydrogen-bond acceptors (Lipinski definition) is 6. The number of carbonyl (C=O) groups excluding carboxylic acids is 1. The Labute approximate surface area is 164 Å². The maximum atomic E-state index is 11.2. The zero-order chi connectivity index (χ0) is 17.9. The summed E-state index contributed by atoms with van der Waals surface area (Å²) in [6, 6.07) is 13.2. The minimum Gasteiger partial charge on any atom is -0.366 e. The first-order valence-electron chi connectivity index (χ1n) is 8.69. The fourth-order valence-corrected chi connectivity index (χ4v) is 3.10. The largest absolute Gasteiger partial charge is 0.366 e. The zero-order valence-corrected chi connectivity index (χ0v) is 15.8. The van der Waals surface area contributed by atoms with E-state index in [0.29, 0.717) is 17.6 Å². The highest BCUT2D eigenvalue weighted by Crippen LogP contribution is 2.19. The van der Waals surface area contributed by atoms with Crippen molar-refractivity contribution >= 4 is 42.5 Å². The predicted molar refractivity (Wildman–Crippen MR) is 111 cm³/mol. The fourth-order valence-electron chi connectivity index (χ4n) is 3.10. The lowest BCUT2D eigenvalue weighted by Crippen LogP contribution is -2.38. The van der Waals surface area contributed by atoms with Crippen LogP contribution in [0.25, 0.3) is 5.65 Å². The van der Waals surface area contributed by atoms with Gasteiger partial charge >= 0.3 is 0 Å². The first-order valence-corrected chi connectivity index (χ1v) is 8.69. The molecule has 27 heavy (non-hydrogen) atoms. The summed E-state index contributed by atoms with van der Waals surface area (Å²) in [5.41, 5.74) is 7.27. The second-order valence-electron chi connectivity index (χ2n) is 6.37. The van der Waals surface area contributed by atoms with Crippen molar-refractivity contribution in [3.05, 3.63) is 48.0 Å². The number of pyridine rings is 1. The van der Waals surface area contributed by atoms with Crippen molar-refractivity contribution in [2.45, 2.75) is 18.9 Å². The number of amides is 1. The van der Waals surface area contributed by atoms with Gasteiger partial charge < -0.3 is 21.7 Å². The molecule has 8 nitrogen and oxygen atoms in total. The molecule has 1 amide bonds. The molecule has 9 heteroatoms. The molecule has 0 radical (unpaired) electrons. The first kappa shape index (κ1) is 19.0. The molecule has 1 atom stereocenters. The zero-order valence-electron chi connectivity index (χ0n) is 14.8. The summed E-state index contributed by atoms with van der Waals surface area (Å²) >= 11 is 0. The Bertz CT molecular complexity index is 919. The van der Waals surface area contributed by atoms with Crippen LogP contribution in [0.2, 0.25) is 0 Å². The van der Waals surface area contributed by atoms with Crippen LogP contribution < -0.4 is 21.7 Å². The van der Waals surface area contributed by atoms with E-state index in [0.717, 1.165) is 36.7 Å². The second-order valence-corrected chi connectivity index (χ2v) is 6.37. The number of fused-ring (bicyclic) bond motifs is 1. The quantitative estimate of drug-likeness (QED) is 0.534. The molecule has 4 rings (SSSR count). The van der Waals surface area contributed by atoms with Gasteiger partial charge in [0.2, 0.25) is 11.9 Å². The van der Waals surface area contributed by atoms with Gasteiger partial charge in [-0.3, -0.25) is 4.79 Å². The monoisotopic (exact) mass is 385 g/mol. The lowest BCUT2D eigenvalue weighted by atomic mass is 10.1. The summed E-state index contributed by atoms with van der Waals surface area (Å²) in [5.74, 6) is 0.962. The van der Waals surface area contributed by atoms with Crippen LogP contribution in [-0.2, 0) is 0 Å². The van der Waals surface area contributed by atoms with Gasteiger partial charge in [0.25, 0.3) is 0 Å². The van der Waals surface area contributed by atoms with Crippen LogP contribution in [0.4, 0.5) is 17.5 Å². The smallest absolute Gasteiger partial charge is 0.248 e. The highest BCUT2D eigenvalue weighted by molar-refractivity contribution is 7.59. The summed E-state index contributed by atoms with van der Waals surface area (Å²) in [4.78, 5) is 15.7. The minimum absolute atomic E-state index is 0. The molecular weight excluding hydrogens is 362 g/mol. The van der Waals surface area contributed by atoms with Crippen LogP contribution in [0.1, 0.15) is 23.2 Å². The van der Waals surface area contributed by atoms with E-state index >= 15 is 0 Å². The number of nitrogens with zero attached hydrogens (tertiary/aromatic N) is 3. The van der Waals surface area contributed by atoms with Gasteiger partial charge in [-0.15, -0.1) is 5.10 Å². The van der Waals surface area contributed by atoms with Gasteiger partial charge in [0.15, 0.2) is 5.65 Å². The first-order chi connectivity index (χ1) is 12.7. The average Bonchev–Trinajstić information content (AvgIpc) is 3.06. The number of nitrogens with one attached hydrogen (secondary N) is 3. The molecule has 3 aromatic rings. The predicted octanol–water partition coefficient (Wildman–Crippen LogP) is 1.85. The molecule has 1 aliphatic heterocycles. The fraction of sp³-hybridized carbons (Fsp3) is 0.278. The van der Waals surface area contributed by atoms with Crippen LogP contribution >= 0.6 is 13.5 Å². The molecular formula is C18H23N7OS. The standard InChI is InChI=1S/C18H21N7O.H2S/c19-17(26)12-6-8-13(9-7-12)22-18-23-16-5-1-4-15(25(16)24-18)21-14-3-2-10-20-11-14;/h1,4-9,14,20-21H,2-3,10-11H2,(H2,19,26)(H,22,24);1H2/t14-;/m0./s1. The molecule has 0 unspecified atom stereocenters. The summed E-state index contributed by atoms with van der Waals surface area (Å²) in [6.45, 7) is 2.02. The third-order valence-corrected chi connectivity index (χ3v) is 4.43. The van der Waals surface area contributed by atoms with Crippen molar-refractivity contribution in [2.24, 2.45) is 5.73 Å². The van der Waals surface area contributed by atoms with E-state index in [4.69, 9.17) is 5.73 Å². The SMILES string of the molecule is NC(=O)c1ccc(Nc2nc3cccc(N[C@H]4CCCNC4)n3n2)cc1.S. The molecule has 0 saturated carbocycles. The lowest BCUT2D eigenvalue weighted by molar-refractivity contribution is 0.100. The number of piperidine rings is 1. The number of nitrogens with two attached hydrogens (primary N) is 1. The molecule has 3 heterocycles. The van der Waals surface area contributed by atoms with E-state index in [-0.39, 0.29) is 13.5 Å². The highest BCUT2D eigenvalue weighted by Gasteiger charge is 2.15. The van der Waals surface area contributed by atoms with Crippen LogP contribution in [0.5, 0.6) is 0 Å². The summed E-state index contributed by atoms with van der Waals surface area (Å²) in [6.07, 6.45) is 2.30. The average molecular weight is 385 g/mol. The molecule has 1 aliphatic rings. The molecule has 0 aliphatic carbocycles. The Hall–Kier alpha value is -2.78. The number of carbonyl (C=O) groups is 1. The minimum atomic E-state index is -0.449. The molecule has 5 N–H and O–H groups in total. The lowest BCUT2D eigenvalue weighted by Gasteiger charge is -2.24. The number of primary amides is 1. The van der Waals surface area contributed by atoms with E-state index in [2.05, 4.69) is 26.0 Å². The number of benzene rings is 1. The van der Waals surface area contributed by atoms with Gasteiger partial charge in [-0.25, -0.2) is 0 Å². The Morgan fingerprint density at radius 2 is 2.04 bits per heavy atom. The molecule has 2 aromatic heterocycles. The maximum absolute atomic E-state index is 11.2. The van der Waals surface area contributed by atoms with E-state index < -0.39 is 5.91 Å². The van der Waals surface area contributed by atoms with Gasteiger partial charge in [-0.1, -0.05) is 6.07 Å². The number of hydrogen-bond donors (Lipinski definition) is 4. The van der Waals surface area contributed by atoms with Crippen LogP contribution in [0, 0.1) is 0 Å². The number of aromatic nitrogens is 3. The summed E-state index contributed by atoms with van der Waals surface area (Å²) < 4.78 is 1.80. The second kappa shape index (κ2) is 8.28. The normalized spacial score (nSPS) is 16.5. The van der Waals surface area contributed by atoms with Crippen LogP contribution in [0.15, 0.2) is 42.5 Å². The van der Waals surface area contributed by atoms with Crippen molar-refractivity contribution in [1.29, 1.82) is 0 Å². The van der Waals surface area contributed by atoms with Crippen molar-refractivity contribution < 1.29 is 4.79 Å². The van der Waals surface area contributed by atoms with E-state index in [1.54, 1.807) is 28.8 Å². The van der Waals surface area contributed by atoms with Crippen molar-refractivity contribution in [3.8, 4) is 0 Å². The van der Waals surface area contributed by atoms with Crippen molar-refractivity contribution in [3.63, 3.8) is 0 Å². The van der Waals surface area contributed by atoms with E-state index in [9.17, 15) is 4.79 Å². The molecule has 0 spiro atoms. The van der Waals surface area contributed by atoms with Gasteiger partial charge in [-0.05, 0) is 55.8 Å². The van der Waals surface area contributed by atoms with Crippen molar-refractivity contribution in [2.75, 3.05) is 23.7 Å². The van der Waals surface area contributed by atoms with E-state index in [1.165, 1.54) is 6.42 Å². The van der Waals surface area contributed by atoms with E-state index in [1.807, 2.05) is 18.2 Å². The Kier molecular flexibility index (Phi) is 5.82. The number of anilines is 3. The highest BCUT2D eigenvalue weighted by atomic mass is 32.1. The Morgan fingerprint density at radius 3 is 2.74 bits per heavy atom. The van der Waals surface area contributed by atoms with Crippen LogP contribution in [0.3, 0.4) is 0 Å². The molecule has 0 bridgehead atoms. The topological polar surface area (TPSA) is 109 Å². The third-order valence-electron chi connectivity index (χ3n) is 4.43. The molecule has 1 aromatic carbocycles. The molecule has 142 valence electrons. The Balaban J connectivity index is 0.00000210. The molecule has 1 saturated heterocycles. The maximum Gasteiger partial charge on any atom is 0.248 e. The van der Waals surface area contributed by atoms with Gasteiger partial charge in [0.1, 0.15) is 5.82 Å². The van der Waals surface area contributed by atoms with Gasteiger partial charge in [-0.2, -0.15) is 23.0 Å². The number of rotatable bonds is 5. The summed E-state index contributed by atoms with van der Waals surface area (Å²) in [5, 5.41) is 14.6. The third kappa shape index (κ3) is 4.32. The van der Waals surface area contributed by atoms with Gasteiger partial charge in [0, 0.05) is 23.8 Å². The van der Waals surface area contributed by atoms with Gasteiger partial charge in [0.05, 0.1) is 0 Å². The van der Waals surface area contributed by atoms with Crippen molar-refractivity contribution in [1.82, 2.24) is 19.9 Å².